The SMILES string of the molecule is Cc1ccc(CN2CCN(C(=O)c3ccn[nH]3)C3CS(=O)(=O)CC32)o1. The molecule has 0 aromatic carbocycles. The number of aromatic nitrogens is 2. The highest BCUT2D eigenvalue weighted by Crippen LogP contribution is 2.29. The number of carbonyl (C=O) groups is 1. The van der Waals surface area contributed by atoms with Crippen LogP contribution in [-0.4, -0.2) is 71.0 Å². The highest BCUT2D eigenvalue weighted by Gasteiger charge is 2.48. The molecule has 4 rings (SSSR count). The highest BCUT2D eigenvalue weighted by atomic mass is 32.2. The fourth-order valence-electron chi connectivity index (χ4n) is 3.77. The van der Waals surface area contributed by atoms with Crippen molar-refractivity contribution in [3.63, 3.8) is 0 Å². The third kappa shape index (κ3) is 3.09. The van der Waals surface area contributed by atoms with Gasteiger partial charge < -0.3 is 9.32 Å². The topological polar surface area (TPSA) is 99.5 Å². The molecule has 1 amide bonds. The Hall–Kier alpha value is -2.13. The molecule has 9 heteroatoms. The third-order valence-corrected chi connectivity index (χ3v) is 6.64. The molecule has 0 spiro atoms. The van der Waals surface area contributed by atoms with E-state index < -0.39 is 9.84 Å². The number of amides is 1. The predicted octanol–water partition coefficient (Wildman–Crippen LogP) is 0.435. The lowest BCUT2D eigenvalue weighted by molar-refractivity contribution is 0.0280. The minimum Gasteiger partial charge on any atom is -0.465 e. The first-order chi connectivity index (χ1) is 11.9. The van der Waals surface area contributed by atoms with E-state index >= 15 is 0 Å². The lowest BCUT2D eigenvalue weighted by Gasteiger charge is -2.43. The third-order valence-electron chi connectivity index (χ3n) is 4.94. The summed E-state index contributed by atoms with van der Waals surface area (Å²) in [4.78, 5) is 16.5. The van der Waals surface area contributed by atoms with Gasteiger partial charge in [0.15, 0.2) is 9.84 Å². The normalized spacial score (nSPS) is 25.9. The Labute approximate surface area is 145 Å². The lowest BCUT2D eigenvalue weighted by Crippen LogP contribution is -2.60. The summed E-state index contributed by atoms with van der Waals surface area (Å²) in [7, 11) is -3.18. The maximum atomic E-state index is 12.7. The van der Waals surface area contributed by atoms with Crippen LogP contribution in [0.15, 0.2) is 28.8 Å². The van der Waals surface area contributed by atoms with Gasteiger partial charge in [0.1, 0.15) is 17.2 Å². The van der Waals surface area contributed by atoms with Gasteiger partial charge in [0.2, 0.25) is 0 Å². The summed E-state index contributed by atoms with van der Waals surface area (Å²) < 4.78 is 30.1. The van der Waals surface area contributed by atoms with Gasteiger partial charge >= 0.3 is 0 Å². The van der Waals surface area contributed by atoms with Crippen LogP contribution in [-0.2, 0) is 16.4 Å². The van der Waals surface area contributed by atoms with Gasteiger partial charge in [-0.1, -0.05) is 0 Å². The minimum atomic E-state index is -3.18. The van der Waals surface area contributed by atoms with E-state index in [1.807, 2.05) is 19.1 Å². The van der Waals surface area contributed by atoms with Gasteiger partial charge in [0, 0.05) is 25.3 Å². The Kier molecular flexibility index (Phi) is 3.92. The summed E-state index contributed by atoms with van der Waals surface area (Å²) in [6.07, 6.45) is 1.52. The van der Waals surface area contributed by atoms with Crippen molar-refractivity contribution in [2.75, 3.05) is 24.6 Å². The zero-order valence-electron chi connectivity index (χ0n) is 13.9. The number of carbonyl (C=O) groups excluding carboxylic acids is 1. The van der Waals surface area contributed by atoms with Crippen molar-refractivity contribution in [1.29, 1.82) is 0 Å². The number of nitrogens with zero attached hydrogens (tertiary/aromatic N) is 3. The van der Waals surface area contributed by atoms with Crippen molar-refractivity contribution in [2.24, 2.45) is 0 Å². The smallest absolute Gasteiger partial charge is 0.272 e. The molecule has 25 heavy (non-hydrogen) atoms. The number of furan rings is 1. The Morgan fingerprint density at radius 3 is 2.76 bits per heavy atom. The number of rotatable bonds is 3. The Bertz CT molecular complexity index is 874. The van der Waals surface area contributed by atoms with Gasteiger partial charge in [-0.05, 0) is 25.1 Å². The standard InChI is InChI=1S/C16H20N4O4S/c1-11-2-3-12(24-11)8-19-6-7-20(16(21)13-4-5-17-18-13)15-10-25(22,23)9-14(15)19/h2-5,14-15H,6-10H2,1H3,(H,17,18). The van der Waals surface area contributed by atoms with E-state index in [1.165, 1.54) is 6.20 Å². The molecule has 8 nitrogen and oxygen atoms in total. The molecule has 2 fully saturated rings. The van der Waals surface area contributed by atoms with Crippen molar-refractivity contribution in [1.82, 2.24) is 20.0 Å². The number of nitrogens with one attached hydrogen (secondary N) is 1. The summed E-state index contributed by atoms with van der Waals surface area (Å²) in [5, 5.41) is 6.48. The molecule has 2 saturated heterocycles. The van der Waals surface area contributed by atoms with Crippen LogP contribution in [0.25, 0.3) is 0 Å². The van der Waals surface area contributed by atoms with Gasteiger partial charge in [0.25, 0.3) is 5.91 Å². The molecule has 2 unspecified atom stereocenters. The van der Waals surface area contributed by atoms with Crippen LogP contribution in [0.5, 0.6) is 0 Å². The van der Waals surface area contributed by atoms with Crippen molar-refractivity contribution in [3.05, 3.63) is 41.6 Å². The number of aryl methyl sites for hydroxylation is 1. The van der Waals surface area contributed by atoms with Crippen LogP contribution in [0, 0.1) is 6.92 Å². The average molecular weight is 364 g/mol. The largest absolute Gasteiger partial charge is 0.465 e. The molecule has 1 N–H and O–H groups in total. The Morgan fingerprint density at radius 1 is 1.28 bits per heavy atom. The second kappa shape index (κ2) is 5.99. The minimum absolute atomic E-state index is 0.00518. The average Bonchev–Trinajstić information content (AvgIpc) is 3.26. The van der Waals surface area contributed by atoms with Gasteiger partial charge in [-0.3, -0.25) is 14.8 Å². The Morgan fingerprint density at radius 2 is 2.08 bits per heavy atom. The van der Waals surface area contributed by atoms with Crippen LogP contribution in [0.4, 0.5) is 0 Å². The van der Waals surface area contributed by atoms with Gasteiger partial charge in [-0.15, -0.1) is 0 Å². The molecule has 2 atom stereocenters. The number of H-pyrrole nitrogens is 1. The van der Waals surface area contributed by atoms with Crippen LogP contribution in [0.2, 0.25) is 0 Å². The van der Waals surface area contributed by atoms with Crippen LogP contribution in [0.3, 0.4) is 0 Å². The second-order valence-corrected chi connectivity index (χ2v) is 8.82. The zero-order chi connectivity index (χ0) is 17.6. The summed E-state index contributed by atoms with van der Waals surface area (Å²) in [5.41, 5.74) is 0.387. The first kappa shape index (κ1) is 16.3. The van der Waals surface area contributed by atoms with E-state index in [0.29, 0.717) is 25.3 Å². The van der Waals surface area contributed by atoms with Crippen molar-refractivity contribution in [2.45, 2.75) is 25.6 Å². The quantitative estimate of drug-likeness (QED) is 0.848. The first-order valence-electron chi connectivity index (χ1n) is 8.23. The van der Waals surface area contributed by atoms with Crippen molar-refractivity contribution < 1.29 is 17.6 Å². The van der Waals surface area contributed by atoms with Gasteiger partial charge in [-0.25, -0.2) is 8.42 Å². The van der Waals surface area contributed by atoms with E-state index in [9.17, 15) is 13.2 Å². The fraction of sp³-hybridized carbons (Fsp3) is 0.500. The number of piperazine rings is 1. The van der Waals surface area contributed by atoms with Gasteiger partial charge in [-0.2, -0.15) is 5.10 Å². The van der Waals surface area contributed by atoms with E-state index in [4.69, 9.17) is 4.42 Å². The molecule has 2 aromatic heterocycles. The number of hydrogen-bond donors (Lipinski definition) is 1. The number of aromatic amines is 1. The van der Waals surface area contributed by atoms with Crippen LogP contribution >= 0.6 is 0 Å². The number of sulfone groups is 1. The van der Waals surface area contributed by atoms with E-state index in [-0.39, 0.29) is 29.5 Å². The fourth-order valence-corrected chi connectivity index (χ4v) is 5.79. The summed E-state index contributed by atoms with van der Waals surface area (Å²) in [6.45, 7) is 3.52. The maximum absolute atomic E-state index is 12.7. The van der Waals surface area contributed by atoms with Crippen LogP contribution < -0.4 is 0 Å². The maximum Gasteiger partial charge on any atom is 0.272 e. The molecular formula is C16H20N4O4S. The monoisotopic (exact) mass is 364 g/mol. The van der Waals surface area contributed by atoms with Crippen molar-refractivity contribution >= 4 is 15.7 Å². The van der Waals surface area contributed by atoms with Gasteiger partial charge in [0.05, 0.1) is 24.1 Å². The predicted molar refractivity (Wildman–Crippen MR) is 89.7 cm³/mol. The molecule has 0 radical (unpaired) electrons. The molecule has 0 aliphatic carbocycles. The second-order valence-electron chi connectivity index (χ2n) is 6.66. The Balaban J connectivity index is 1.58. The molecule has 2 aliphatic rings. The molecule has 0 saturated carbocycles. The molecular weight excluding hydrogens is 344 g/mol. The summed E-state index contributed by atoms with van der Waals surface area (Å²) in [5.74, 6) is 1.53. The van der Waals surface area contributed by atoms with E-state index in [2.05, 4.69) is 15.1 Å². The number of fused-ring (bicyclic) bond motifs is 1. The number of hydrogen-bond acceptors (Lipinski definition) is 6. The molecule has 134 valence electrons. The molecule has 2 aromatic rings. The summed E-state index contributed by atoms with van der Waals surface area (Å²) in [6, 6.07) is 4.87. The van der Waals surface area contributed by atoms with Crippen LogP contribution in [0.1, 0.15) is 22.0 Å². The summed E-state index contributed by atoms with van der Waals surface area (Å²) >= 11 is 0. The molecule has 0 bridgehead atoms. The first-order valence-corrected chi connectivity index (χ1v) is 10.1. The van der Waals surface area contributed by atoms with E-state index in [0.717, 1.165) is 11.5 Å². The zero-order valence-corrected chi connectivity index (χ0v) is 14.7. The molecule has 2 aliphatic heterocycles. The molecule has 4 heterocycles. The van der Waals surface area contributed by atoms with Crippen molar-refractivity contribution in [3.8, 4) is 0 Å². The van der Waals surface area contributed by atoms with E-state index in [1.54, 1.807) is 11.0 Å². The highest BCUT2D eigenvalue weighted by molar-refractivity contribution is 7.91. The lowest BCUT2D eigenvalue weighted by atomic mass is 10.0.